The molecule has 3 rings (SSSR count). The molecule has 0 saturated carbocycles. The molecule has 23 heavy (non-hydrogen) atoms. The molecule has 0 saturated heterocycles. The maximum atomic E-state index is 12.7. The zero-order valence-corrected chi connectivity index (χ0v) is 13.8. The molecule has 2 N–H and O–H groups in total. The average molecular weight is 336 g/mol. The lowest BCUT2D eigenvalue weighted by Crippen LogP contribution is -2.29. The Morgan fingerprint density at radius 1 is 1.39 bits per heavy atom. The van der Waals surface area contributed by atoms with Gasteiger partial charge >= 0.3 is 0 Å². The lowest BCUT2D eigenvalue weighted by Gasteiger charge is -2.15. The van der Waals surface area contributed by atoms with Crippen LogP contribution in [0.1, 0.15) is 0 Å². The van der Waals surface area contributed by atoms with Gasteiger partial charge in [-0.2, -0.15) is 4.31 Å². The van der Waals surface area contributed by atoms with Gasteiger partial charge in [-0.3, -0.25) is 4.99 Å². The summed E-state index contributed by atoms with van der Waals surface area (Å²) in [6.45, 7) is 1.93. The number of likely N-dealkylation sites (N-methyl/N-ethyl adjacent to an activating group) is 1. The van der Waals surface area contributed by atoms with E-state index in [9.17, 15) is 8.42 Å². The topological polar surface area (TPSA) is 86.9 Å². The lowest BCUT2D eigenvalue weighted by atomic mass is 10.2. The van der Waals surface area contributed by atoms with Gasteiger partial charge in [0.2, 0.25) is 10.0 Å². The summed E-state index contributed by atoms with van der Waals surface area (Å²) in [5, 5.41) is 12.9. The van der Waals surface area contributed by atoms with Gasteiger partial charge in [-0.15, -0.1) is 0 Å². The van der Waals surface area contributed by atoms with Crippen LogP contribution in [-0.4, -0.2) is 61.5 Å². The Bertz CT molecular complexity index is 842. The number of hydrogen-bond acceptors (Lipinski definition) is 5. The van der Waals surface area contributed by atoms with Crippen LogP contribution in [0.3, 0.4) is 0 Å². The predicted molar refractivity (Wildman–Crippen MR) is 89.1 cm³/mol. The molecule has 0 amide bonds. The fraction of sp³-hybridized carbons (Fsp3) is 0.400. The molecule has 0 radical (unpaired) electrons. The summed E-state index contributed by atoms with van der Waals surface area (Å²) in [5.41, 5.74) is 0.847. The van der Waals surface area contributed by atoms with Crippen molar-refractivity contribution in [1.82, 2.24) is 14.2 Å². The first-order chi connectivity index (χ1) is 11.0. The van der Waals surface area contributed by atoms with E-state index in [1.54, 1.807) is 12.3 Å². The van der Waals surface area contributed by atoms with Crippen LogP contribution in [0.5, 0.6) is 0 Å². The molecule has 0 fully saturated rings. The minimum Gasteiger partial charge on any atom is -0.395 e. The Balaban J connectivity index is 2.07. The zero-order chi connectivity index (χ0) is 16.4. The fourth-order valence-corrected chi connectivity index (χ4v) is 4.06. The molecule has 0 unspecified atom stereocenters. The summed E-state index contributed by atoms with van der Waals surface area (Å²) < 4.78 is 28.6. The first-order valence-electron chi connectivity index (χ1n) is 7.46. The number of nitrogens with one attached hydrogen (secondary N) is 1. The number of amidine groups is 1. The minimum atomic E-state index is -3.65. The Hall–Kier alpha value is -1.90. The lowest BCUT2D eigenvalue weighted by molar-refractivity contribution is 0.266. The van der Waals surface area contributed by atoms with Gasteiger partial charge in [-0.05, 0) is 6.07 Å². The van der Waals surface area contributed by atoms with Crippen LogP contribution >= 0.6 is 0 Å². The van der Waals surface area contributed by atoms with Crippen LogP contribution in [0.25, 0.3) is 10.9 Å². The van der Waals surface area contributed by atoms with Gasteiger partial charge in [0.25, 0.3) is 0 Å². The number of aromatic nitrogens is 1. The average Bonchev–Trinajstić information content (AvgIpc) is 3.16. The number of aliphatic hydroxyl groups excluding tert-OH is 1. The molecule has 124 valence electrons. The van der Waals surface area contributed by atoms with E-state index >= 15 is 0 Å². The SMILES string of the molecule is CN(CCO)S(=O)(=O)c1cn(CC2=NCCN2)c2ccccc12. The summed E-state index contributed by atoms with van der Waals surface area (Å²) in [5.74, 6) is 0.860. The smallest absolute Gasteiger partial charge is 0.245 e. The largest absolute Gasteiger partial charge is 0.395 e. The normalized spacial score (nSPS) is 15.2. The first kappa shape index (κ1) is 16.0. The first-order valence-corrected chi connectivity index (χ1v) is 8.90. The number of fused-ring (bicyclic) bond motifs is 1. The third-order valence-electron chi connectivity index (χ3n) is 3.92. The van der Waals surface area contributed by atoms with Crippen molar-refractivity contribution in [2.75, 3.05) is 33.3 Å². The molecule has 8 heteroatoms. The molecule has 0 atom stereocenters. The second-order valence-electron chi connectivity index (χ2n) is 5.44. The number of aliphatic imine (C=N–C) groups is 1. The van der Waals surface area contributed by atoms with Gasteiger partial charge in [0.1, 0.15) is 10.7 Å². The second kappa shape index (κ2) is 6.31. The fourth-order valence-electron chi connectivity index (χ4n) is 2.69. The molecule has 1 aliphatic heterocycles. The molecule has 0 aliphatic carbocycles. The highest BCUT2D eigenvalue weighted by Gasteiger charge is 2.25. The molecule has 1 aromatic carbocycles. The van der Waals surface area contributed by atoms with Crippen molar-refractivity contribution in [1.29, 1.82) is 0 Å². The van der Waals surface area contributed by atoms with Gasteiger partial charge in [0.05, 0.1) is 19.7 Å². The van der Waals surface area contributed by atoms with E-state index < -0.39 is 10.0 Å². The quantitative estimate of drug-likeness (QED) is 0.792. The number of sulfonamides is 1. The van der Waals surface area contributed by atoms with Crippen molar-refractivity contribution in [3.05, 3.63) is 30.5 Å². The molecular weight excluding hydrogens is 316 g/mol. The van der Waals surface area contributed by atoms with Crippen molar-refractivity contribution < 1.29 is 13.5 Å². The summed E-state index contributed by atoms with van der Waals surface area (Å²) in [4.78, 5) is 4.62. The molecule has 0 bridgehead atoms. The van der Waals surface area contributed by atoms with E-state index in [2.05, 4.69) is 10.3 Å². The van der Waals surface area contributed by atoms with Gasteiger partial charge in [-0.25, -0.2) is 8.42 Å². The summed E-state index contributed by atoms with van der Waals surface area (Å²) in [6, 6.07) is 7.41. The van der Waals surface area contributed by atoms with Crippen LogP contribution in [0, 0.1) is 0 Å². The van der Waals surface area contributed by atoms with Crippen molar-refractivity contribution in [2.45, 2.75) is 11.4 Å². The highest BCUT2D eigenvalue weighted by Crippen LogP contribution is 2.27. The third-order valence-corrected chi connectivity index (χ3v) is 5.80. The van der Waals surface area contributed by atoms with E-state index in [0.29, 0.717) is 11.9 Å². The Morgan fingerprint density at radius 2 is 2.17 bits per heavy atom. The Labute approximate surface area is 135 Å². The Kier molecular flexibility index (Phi) is 4.38. The number of nitrogens with zero attached hydrogens (tertiary/aromatic N) is 3. The molecule has 1 aliphatic rings. The molecule has 1 aromatic heterocycles. The maximum Gasteiger partial charge on any atom is 0.245 e. The molecule has 7 nitrogen and oxygen atoms in total. The van der Waals surface area contributed by atoms with Gasteiger partial charge < -0.3 is 15.0 Å². The number of hydrogen-bond donors (Lipinski definition) is 2. The predicted octanol–water partition coefficient (Wildman–Crippen LogP) is 0.256. The van der Waals surface area contributed by atoms with E-state index in [1.165, 1.54) is 11.4 Å². The highest BCUT2D eigenvalue weighted by molar-refractivity contribution is 7.89. The van der Waals surface area contributed by atoms with Crippen molar-refractivity contribution in [2.24, 2.45) is 4.99 Å². The van der Waals surface area contributed by atoms with Crippen molar-refractivity contribution in [3.63, 3.8) is 0 Å². The van der Waals surface area contributed by atoms with Gasteiger partial charge in [0.15, 0.2) is 0 Å². The summed E-state index contributed by atoms with van der Waals surface area (Å²) >= 11 is 0. The number of aliphatic hydroxyl groups is 1. The van der Waals surface area contributed by atoms with Crippen molar-refractivity contribution in [3.8, 4) is 0 Å². The summed E-state index contributed by atoms with van der Waals surface area (Å²) in [7, 11) is -2.18. The number of rotatable bonds is 6. The van der Waals surface area contributed by atoms with E-state index in [-0.39, 0.29) is 18.0 Å². The summed E-state index contributed by atoms with van der Waals surface area (Å²) in [6.07, 6.45) is 1.65. The van der Waals surface area contributed by atoms with Crippen LogP contribution in [0.2, 0.25) is 0 Å². The molecule has 2 aromatic rings. The van der Waals surface area contributed by atoms with E-state index in [1.807, 2.05) is 22.8 Å². The van der Waals surface area contributed by atoms with Crippen LogP contribution in [0.15, 0.2) is 40.4 Å². The minimum absolute atomic E-state index is 0.0656. The van der Waals surface area contributed by atoms with Gasteiger partial charge in [0, 0.05) is 37.2 Å². The second-order valence-corrected chi connectivity index (χ2v) is 7.46. The molecule has 0 spiro atoms. The zero-order valence-electron chi connectivity index (χ0n) is 12.9. The maximum absolute atomic E-state index is 12.7. The van der Waals surface area contributed by atoms with Crippen LogP contribution in [0.4, 0.5) is 0 Å². The third kappa shape index (κ3) is 2.97. The van der Waals surface area contributed by atoms with E-state index in [4.69, 9.17) is 5.11 Å². The van der Waals surface area contributed by atoms with Crippen LogP contribution < -0.4 is 5.32 Å². The molecule has 2 heterocycles. The number of para-hydroxylation sites is 1. The highest BCUT2D eigenvalue weighted by atomic mass is 32.2. The van der Waals surface area contributed by atoms with Gasteiger partial charge in [-0.1, -0.05) is 18.2 Å². The Morgan fingerprint density at radius 3 is 2.87 bits per heavy atom. The number of benzene rings is 1. The van der Waals surface area contributed by atoms with Crippen LogP contribution in [-0.2, 0) is 16.6 Å². The molecular formula is C15H20N4O3S. The standard InChI is InChI=1S/C15H20N4O3S/c1-18(8-9-20)23(21,22)14-10-19(11-15-16-6-7-17-15)13-5-3-2-4-12(13)14/h2-5,10,20H,6-9,11H2,1H3,(H,16,17). The van der Waals surface area contributed by atoms with E-state index in [0.717, 1.165) is 24.4 Å². The van der Waals surface area contributed by atoms with Crippen molar-refractivity contribution >= 4 is 26.8 Å². The monoisotopic (exact) mass is 336 g/mol.